The van der Waals surface area contributed by atoms with Crippen molar-refractivity contribution < 1.29 is 100 Å². The van der Waals surface area contributed by atoms with Crippen LogP contribution < -0.4 is 50.2 Å². The lowest BCUT2D eigenvalue weighted by Crippen LogP contribution is -2.57. The van der Waals surface area contributed by atoms with E-state index in [2.05, 4.69) is 44.4 Å². The topological polar surface area (TPSA) is 466 Å². The third kappa shape index (κ3) is 21.6. The van der Waals surface area contributed by atoms with Gasteiger partial charge >= 0.3 is 43.1 Å². The number of nitrogens with two attached hydrogens (primary N) is 1. The normalized spacial score (nSPS) is 13.6. The van der Waals surface area contributed by atoms with Gasteiger partial charge in [0.1, 0.15) is 41.4 Å². The molecule has 0 saturated heterocycles. The molecular weight excluding hydrogens is 1000 g/mol. The van der Waals surface area contributed by atoms with E-state index in [-0.39, 0.29) is 34.8 Å². The summed E-state index contributed by atoms with van der Waals surface area (Å²) < 4.78 is 106. The van der Waals surface area contributed by atoms with Crippen LogP contribution >= 0.6 is 0 Å². The minimum Gasteiger partial charge on any atom is -0.481 e. The Morgan fingerprint density at radius 2 is 0.829 bits per heavy atom. The highest BCUT2D eigenvalue weighted by atomic mass is 32.3. The molecule has 0 spiro atoms. The number of carbonyl (C=O) groups excluding carboxylic acids is 6. The van der Waals surface area contributed by atoms with E-state index in [1.807, 2.05) is 0 Å². The fourth-order valence-electron chi connectivity index (χ4n) is 5.74. The zero-order valence-corrected chi connectivity index (χ0v) is 38.5. The van der Waals surface area contributed by atoms with Crippen molar-refractivity contribution in [2.75, 3.05) is 13.1 Å². The first kappa shape index (κ1) is 56.8. The average Bonchev–Trinajstić information content (AvgIpc) is 3.23. The largest absolute Gasteiger partial charge is 0.481 e. The third-order valence-corrected chi connectivity index (χ3v) is 10.1. The number of amides is 6. The molecule has 382 valence electrons. The van der Waals surface area contributed by atoms with E-state index in [0.29, 0.717) is 5.56 Å². The second kappa shape index (κ2) is 25.2. The number of aliphatic carboxylic acids is 2. The van der Waals surface area contributed by atoms with Gasteiger partial charge in [-0.15, -0.1) is 0 Å². The van der Waals surface area contributed by atoms with E-state index in [0.717, 1.165) is 36.4 Å². The predicted octanol–water partition coefficient (Wildman–Crippen LogP) is -3.66. The number of carboxylic acid groups (broad SMARTS) is 2. The number of rotatable bonds is 27. The van der Waals surface area contributed by atoms with E-state index in [1.165, 1.54) is 43.3 Å². The fourth-order valence-corrected chi connectivity index (χ4v) is 6.81. The highest BCUT2D eigenvalue weighted by Crippen LogP contribution is 2.18. The first-order valence-electron chi connectivity index (χ1n) is 19.7. The van der Waals surface area contributed by atoms with Crippen LogP contribution in [0.2, 0.25) is 0 Å². The van der Waals surface area contributed by atoms with Crippen LogP contribution in [0.1, 0.15) is 30.0 Å². The van der Waals surface area contributed by atoms with Crippen molar-refractivity contribution in [2.45, 2.75) is 62.8 Å². The summed E-state index contributed by atoms with van der Waals surface area (Å²) in [7, 11) is -14.7. The van der Waals surface area contributed by atoms with Gasteiger partial charge in [-0.3, -0.25) is 47.2 Å². The Morgan fingerprint density at radius 1 is 0.486 bits per heavy atom. The van der Waals surface area contributed by atoms with Crippen LogP contribution in [-0.2, 0) is 88.8 Å². The first-order valence-corrected chi connectivity index (χ1v) is 23.8. The summed E-state index contributed by atoms with van der Waals surface area (Å²) in [6.07, 6.45) is -2.34. The molecule has 0 aliphatic carbocycles. The predicted molar refractivity (Wildman–Crippen MR) is 234 cm³/mol. The Bertz CT molecular complexity index is 2740. The van der Waals surface area contributed by atoms with Gasteiger partial charge in [-0.2, -0.15) is 25.3 Å². The SMILES string of the molecule is C[C@H](N)C(=O)N[C@@H](Cc1ccc(OS(=O)(=O)O)cc1)C(=O)NCC(=O)NCC(=O)N[C@@H](Cc1ccc(OS(=O)(=O)O)cc1)C(=O)N[C@@H](CC(=O)O)C(=O)N[C@@H](Cc1ccc(OS(=O)(=O)O)cc1)C(=O)O. The molecule has 0 aliphatic rings. The van der Waals surface area contributed by atoms with Crippen LogP contribution in [0, 0.1) is 0 Å². The molecule has 0 saturated carbocycles. The standard InChI is InChI=1S/C38H45N7O22S3/c1-20(39)34(50)43-27(14-21-2-8-24(9-3-21)65-68(56,57)58)35(51)41-18-31(46)40-19-32(47)42-28(15-22-4-10-25(11-5-22)66-69(59,60)61)36(52)44-29(17-33(48)49)37(53)45-30(38(54)55)16-23-6-12-26(13-7-23)67-70(62,63)64/h2-13,20,27-30H,14-19,39H2,1H3,(H,40,46)(H,41,51)(H,42,47)(H,43,50)(H,44,52)(H,45,53)(H,48,49)(H,54,55)(H,56,57,58)(H,59,60,61)(H,62,63,64)/t20-,27-,28-,29-,30-/m0/s1. The van der Waals surface area contributed by atoms with Gasteiger partial charge in [0.2, 0.25) is 35.4 Å². The van der Waals surface area contributed by atoms with E-state index in [9.17, 15) is 73.8 Å². The maximum Gasteiger partial charge on any atom is 0.446 e. The quantitative estimate of drug-likeness (QED) is 0.0327. The average molecular weight is 1050 g/mol. The zero-order chi connectivity index (χ0) is 52.6. The maximum atomic E-state index is 13.7. The summed E-state index contributed by atoms with van der Waals surface area (Å²) in [4.78, 5) is 103. The highest BCUT2D eigenvalue weighted by molar-refractivity contribution is 7.81. The van der Waals surface area contributed by atoms with Gasteiger partial charge in [0, 0.05) is 19.3 Å². The van der Waals surface area contributed by atoms with E-state index in [4.69, 9.17) is 19.4 Å². The van der Waals surface area contributed by atoms with Crippen molar-refractivity contribution in [3.05, 3.63) is 89.5 Å². The Labute approximate surface area is 397 Å². The second-order valence-corrected chi connectivity index (χ2v) is 17.7. The molecule has 0 radical (unpaired) electrons. The monoisotopic (exact) mass is 1050 g/mol. The van der Waals surface area contributed by atoms with Gasteiger partial charge < -0.3 is 60.4 Å². The van der Waals surface area contributed by atoms with E-state index >= 15 is 0 Å². The van der Waals surface area contributed by atoms with Gasteiger partial charge in [0.05, 0.1) is 25.6 Å². The fraction of sp³-hybridized carbons (Fsp3) is 0.316. The molecule has 6 amide bonds. The van der Waals surface area contributed by atoms with Gasteiger partial charge in [-0.1, -0.05) is 36.4 Å². The Morgan fingerprint density at radius 3 is 1.20 bits per heavy atom. The lowest BCUT2D eigenvalue weighted by Gasteiger charge is -2.24. The van der Waals surface area contributed by atoms with Crippen molar-refractivity contribution in [1.29, 1.82) is 0 Å². The molecule has 3 aromatic rings. The molecule has 0 heterocycles. The molecule has 3 rings (SSSR count). The lowest BCUT2D eigenvalue weighted by molar-refractivity contribution is -0.143. The summed E-state index contributed by atoms with van der Waals surface area (Å²) in [5, 5.41) is 32.7. The smallest absolute Gasteiger partial charge is 0.446 e. The molecule has 3 aromatic carbocycles. The van der Waals surface area contributed by atoms with Crippen LogP contribution in [0.5, 0.6) is 17.2 Å². The molecule has 70 heavy (non-hydrogen) atoms. The van der Waals surface area contributed by atoms with Gasteiger partial charge in [-0.05, 0) is 60.0 Å². The van der Waals surface area contributed by atoms with Gasteiger partial charge in [0.25, 0.3) is 0 Å². The van der Waals surface area contributed by atoms with Crippen LogP contribution in [-0.4, -0.2) is 140 Å². The van der Waals surface area contributed by atoms with Crippen molar-refractivity contribution >= 4 is 78.6 Å². The number of carbonyl (C=O) groups is 8. The molecular formula is C38H45N7O22S3. The number of nitrogens with one attached hydrogen (secondary N) is 6. The summed E-state index contributed by atoms with van der Waals surface area (Å²) in [6, 6.07) is 5.87. The van der Waals surface area contributed by atoms with E-state index in [1.54, 1.807) is 0 Å². The molecule has 29 nitrogen and oxygen atoms in total. The minimum absolute atomic E-state index is 0.154. The summed E-state index contributed by atoms with van der Waals surface area (Å²) in [6.45, 7) is -0.357. The second-order valence-electron chi connectivity index (χ2n) is 14.6. The van der Waals surface area contributed by atoms with Crippen LogP contribution in [0.25, 0.3) is 0 Å². The van der Waals surface area contributed by atoms with Crippen molar-refractivity contribution in [2.24, 2.45) is 5.73 Å². The van der Waals surface area contributed by atoms with Crippen LogP contribution in [0.15, 0.2) is 72.8 Å². The first-order chi connectivity index (χ1) is 32.4. The number of hydrogen-bond acceptors (Lipinski definition) is 18. The zero-order valence-electron chi connectivity index (χ0n) is 36.0. The maximum absolute atomic E-state index is 13.7. The van der Waals surface area contributed by atoms with Crippen molar-refractivity contribution in [3.63, 3.8) is 0 Å². The molecule has 0 aliphatic heterocycles. The molecule has 0 bridgehead atoms. The van der Waals surface area contributed by atoms with Crippen molar-refractivity contribution in [1.82, 2.24) is 31.9 Å². The van der Waals surface area contributed by atoms with Crippen LogP contribution in [0.4, 0.5) is 0 Å². The molecule has 0 aromatic heterocycles. The minimum atomic E-state index is -4.95. The third-order valence-electron chi connectivity index (χ3n) is 8.89. The molecule has 0 fully saturated rings. The van der Waals surface area contributed by atoms with Gasteiger partial charge in [0.15, 0.2) is 0 Å². The number of benzene rings is 3. The molecule has 32 heteroatoms. The summed E-state index contributed by atoms with van der Waals surface area (Å²) in [5.74, 6) is -10.7. The van der Waals surface area contributed by atoms with Crippen molar-refractivity contribution in [3.8, 4) is 17.2 Å². The van der Waals surface area contributed by atoms with Gasteiger partial charge in [-0.25, -0.2) is 4.79 Å². The molecule has 0 unspecified atom stereocenters. The van der Waals surface area contributed by atoms with E-state index < -0.39 is 141 Å². The van der Waals surface area contributed by atoms with Crippen LogP contribution in [0.3, 0.4) is 0 Å². The summed E-state index contributed by atoms with van der Waals surface area (Å²) >= 11 is 0. The lowest BCUT2D eigenvalue weighted by atomic mass is 10.0. The highest BCUT2D eigenvalue weighted by Gasteiger charge is 2.32. The summed E-state index contributed by atoms with van der Waals surface area (Å²) in [5.41, 5.74) is 6.28. The molecule has 5 atom stereocenters. The Kier molecular flexibility index (Phi) is 20.5. The molecule has 13 N–H and O–H groups in total. The Hall–Kier alpha value is -7.49. The number of carboxylic acids is 2. The Balaban J connectivity index is 1.75. The number of hydrogen-bond donors (Lipinski definition) is 12.